The second-order valence-corrected chi connectivity index (χ2v) is 6.53. The highest BCUT2D eigenvalue weighted by atomic mass is 35.5. The van der Waals surface area contributed by atoms with Crippen molar-refractivity contribution in [2.75, 3.05) is 7.11 Å². The third kappa shape index (κ3) is 3.15. The summed E-state index contributed by atoms with van der Waals surface area (Å²) in [4.78, 5) is 0. The summed E-state index contributed by atoms with van der Waals surface area (Å²) >= 11 is 6.22. The number of aromatic nitrogens is 2. The minimum atomic E-state index is -0.642. The van der Waals surface area contributed by atoms with E-state index in [1.807, 2.05) is 6.92 Å². The molecular weight excluding hydrogens is 334 g/mol. The van der Waals surface area contributed by atoms with Crippen molar-refractivity contribution in [1.29, 1.82) is 0 Å². The Balaban J connectivity index is 2.12. The van der Waals surface area contributed by atoms with Crippen LogP contribution in [0.5, 0.6) is 0 Å². The molecule has 3 nitrogen and oxygen atoms in total. The zero-order chi connectivity index (χ0) is 17.3. The highest BCUT2D eigenvalue weighted by Crippen LogP contribution is 2.43. The standard InChI is InChI=1S/C18H19ClF2N2O/c1-10-15(11-6-8-12(24-2)9-7-11)17(18(19)23-22-10)16-13(20)4-3-5-14(16)21/h3-5,11-12H,6-9H2,1-2H3. The topological polar surface area (TPSA) is 35.0 Å². The summed E-state index contributed by atoms with van der Waals surface area (Å²) in [7, 11) is 1.71. The highest BCUT2D eigenvalue weighted by molar-refractivity contribution is 6.32. The second-order valence-electron chi connectivity index (χ2n) is 6.17. The number of hydrogen-bond donors (Lipinski definition) is 0. The smallest absolute Gasteiger partial charge is 0.160 e. The predicted molar refractivity (Wildman–Crippen MR) is 89.1 cm³/mol. The fourth-order valence-electron chi connectivity index (χ4n) is 3.58. The van der Waals surface area contributed by atoms with Gasteiger partial charge in [0.1, 0.15) is 11.6 Å². The molecule has 6 heteroatoms. The Bertz CT molecular complexity index is 726. The van der Waals surface area contributed by atoms with E-state index in [2.05, 4.69) is 10.2 Å². The first-order chi connectivity index (χ1) is 11.5. The molecule has 3 rings (SSSR count). The lowest BCUT2D eigenvalue weighted by atomic mass is 9.79. The first-order valence-corrected chi connectivity index (χ1v) is 8.40. The van der Waals surface area contributed by atoms with Gasteiger partial charge in [0.25, 0.3) is 0 Å². The fourth-order valence-corrected chi connectivity index (χ4v) is 3.81. The molecule has 1 aliphatic rings. The van der Waals surface area contributed by atoms with E-state index >= 15 is 0 Å². The van der Waals surface area contributed by atoms with Gasteiger partial charge in [-0.1, -0.05) is 17.7 Å². The SMILES string of the molecule is COC1CCC(c2c(C)nnc(Cl)c2-c2c(F)cccc2F)CC1. The molecular formula is C18H19ClF2N2O. The van der Waals surface area contributed by atoms with E-state index < -0.39 is 11.6 Å². The van der Waals surface area contributed by atoms with Crippen LogP contribution in [0.1, 0.15) is 42.9 Å². The summed E-state index contributed by atoms with van der Waals surface area (Å²) in [5.74, 6) is -1.15. The van der Waals surface area contributed by atoms with Crippen molar-refractivity contribution in [3.05, 3.63) is 46.2 Å². The molecule has 1 fully saturated rings. The molecule has 1 aliphatic carbocycles. The van der Waals surface area contributed by atoms with Gasteiger partial charge < -0.3 is 4.74 Å². The number of rotatable bonds is 3. The molecule has 1 saturated carbocycles. The number of benzene rings is 1. The molecule has 0 bridgehead atoms. The van der Waals surface area contributed by atoms with Crippen molar-refractivity contribution in [2.45, 2.75) is 44.6 Å². The molecule has 0 N–H and O–H groups in total. The van der Waals surface area contributed by atoms with Gasteiger partial charge in [-0.15, -0.1) is 5.10 Å². The first-order valence-electron chi connectivity index (χ1n) is 8.02. The summed E-state index contributed by atoms with van der Waals surface area (Å²) in [6.45, 7) is 1.81. The van der Waals surface area contributed by atoms with Crippen LogP contribution >= 0.6 is 11.6 Å². The quantitative estimate of drug-likeness (QED) is 0.774. The van der Waals surface area contributed by atoms with E-state index in [0.29, 0.717) is 11.3 Å². The fraction of sp³-hybridized carbons (Fsp3) is 0.444. The van der Waals surface area contributed by atoms with Crippen molar-refractivity contribution in [2.24, 2.45) is 0 Å². The van der Waals surface area contributed by atoms with Crippen molar-refractivity contribution < 1.29 is 13.5 Å². The molecule has 0 atom stereocenters. The summed E-state index contributed by atoms with van der Waals surface area (Å²) in [6, 6.07) is 3.80. The Morgan fingerprint density at radius 1 is 1.04 bits per heavy atom. The molecule has 24 heavy (non-hydrogen) atoms. The Kier molecular flexibility index (Phi) is 5.11. The molecule has 128 valence electrons. The van der Waals surface area contributed by atoms with Gasteiger partial charge in [0.2, 0.25) is 0 Å². The summed E-state index contributed by atoms with van der Waals surface area (Å²) in [5.41, 5.74) is 1.68. The number of methoxy groups -OCH3 is 1. The van der Waals surface area contributed by atoms with Gasteiger partial charge in [0.15, 0.2) is 5.15 Å². The van der Waals surface area contributed by atoms with Gasteiger partial charge in [-0.05, 0) is 56.2 Å². The number of halogens is 3. The van der Waals surface area contributed by atoms with Crippen molar-refractivity contribution >= 4 is 11.6 Å². The average molecular weight is 353 g/mol. The maximum absolute atomic E-state index is 14.3. The van der Waals surface area contributed by atoms with E-state index in [9.17, 15) is 8.78 Å². The maximum atomic E-state index is 14.3. The molecule has 1 heterocycles. The van der Waals surface area contributed by atoms with Gasteiger partial charge in [0, 0.05) is 12.7 Å². The molecule has 2 aromatic rings. The normalized spacial score (nSPS) is 21.0. The molecule has 0 spiro atoms. The van der Waals surface area contributed by atoms with Crippen LogP contribution in [0, 0.1) is 18.6 Å². The van der Waals surface area contributed by atoms with Crippen molar-refractivity contribution in [3.8, 4) is 11.1 Å². The van der Waals surface area contributed by atoms with Crippen molar-refractivity contribution in [1.82, 2.24) is 10.2 Å². The van der Waals surface area contributed by atoms with E-state index in [-0.39, 0.29) is 22.7 Å². The third-order valence-corrected chi connectivity index (χ3v) is 5.05. The van der Waals surface area contributed by atoms with Crippen LogP contribution in [0.4, 0.5) is 8.78 Å². The van der Waals surface area contributed by atoms with Crippen LogP contribution < -0.4 is 0 Å². The highest BCUT2D eigenvalue weighted by Gasteiger charge is 2.29. The summed E-state index contributed by atoms with van der Waals surface area (Å²) in [6.07, 6.45) is 3.77. The molecule has 0 amide bonds. The summed E-state index contributed by atoms with van der Waals surface area (Å²) < 4.78 is 34.1. The van der Waals surface area contributed by atoms with Gasteiger partial charge in [0.05, 0.1) is 17.4 Å². The lowest BCUT2D eigenvalue weighted by Gasteiger charge is -2.30. The molecule has 1 aromatic heterocycles. The molecule has 0 radical (unpaired) electrons. The second kappa shape index (κ2) is 7.11. The molecule has 0 aliphatic heterocycles. The largest absolute Gasteiger partial charge is 0.381 e. The Morgan fingerprint density at radius 2 is 1.67 bits per heavy atom. The van der Waals surface area contributed by atoms with Gasteiger partial charge in [-0.3, -0.25) is 0 Å². The molecule has 1 aromatic carbocycles. The van der Waals surface area contributed by atoms with E-state index in [4.69, 9.17) is 16.3 Å². The monoisotopic (exact) mass is 352 g/mol. The van der Waals surface area contributed by atoms with Gasteiger partial charge >= 0.3 is 0 Å². The Hall–Kier alpha value is -1.59. The van der Waals surface area contributed by atoms with Crippen molar-refractivity contribution in [3.63, 3.8) is 0 Å². The van der Waals surface area contributed by atoms with E-state index in [0.717, 1.165) is 31.2 Å². The van der Waals surface area contributed by atoms with E-state index in [1.54, 1.807) is 7.11 Å². The molecule has 0 unspecified atom stereocenters. The van der Waals surface area contributed by atoms with Gasteiger partial charge in [-0.25, -0.2) is 8.78 Å². The lowest BCUT2D eigenvalue weighted by molar-refractivity contribution is 0.0658. The van der Waals surface area contributed by atoms with Crippen LogP contribution in [0.3, 0.4) is 0 Å². The van der Waals surface area contributed by atoms with E-state index in [1.165, 1.54) is 18.2 Å². The first kappa shape index (κ1) is 17.2. The van der Waals surface area contributed by atoms with Crippen LogP contribution in [-0.2, 0) is 4.74 Å². The Labute approximate surface area is 145 Å². The van der Waals surface area contributed by atoms with Crippen LogP contribution in [0.15, 0.2) is 18.2 Å². The Morgan fingerprint density at radius 3 is 2.25 bits per heavy atom. The van der Waals surface area contributed by atoms with Crippen LogP contribution in [-0.4, -0.2) is 23.4 Å². The number of nitrogens with zero attached hydrogens (tertiary/aromatic N) is 2. The third-order valence-electron chi connectivity index (χ3n) is 4.78. The minimum absolute atomic E-state index is 0.0356. The number of ether oxygens (including phenoxy) is 1. The zero-order valence-corrected chi connectivity index (χ0v) is 14.4. The lowest BCUT2D eigenvalue weighted by Crippen LogP contribution is -2.21. The molecule has 0 saturated heterocycles. The average Bonchev–Trinajstić information content (AvgIpc) is 2.58. The van der Waals surface area contributed by atoms with Gasteiger partial charge in [-0.2, -0.15) is 5.10 Å². The number of aryl methyl sites for hydroxylation is 1. The summed E-state index contributed by atoms with van der Waals surface area (Å²) in [5, 5.41) is 8.00. The minimum Gasteiger partial charge on any atom is -0.381 e. The van der Waals surface area contributed by atoms with Crippen LogP contribution in [0.25, 0.3) is 11.1 Å². The van der Waals surface area contributed by atoms with Crippen LogP contribution in [0.2, 0.25) is 5.15 Å². The maximum Gasteiger partial charge on any atom is 0.160 e. The number of hydrogen-bond acceptors (Lipinski definition) is 3. The predicted octanol–water partition coefficient (Wildman–Crippen LogP) is 5.06. The zero-order valence-electron chi connectivity index (χ0n) is 13.7.